The number of methoxy groups -OCH3 is 1. The number of aryl methyl sites for hydroxylation is 2. The Balaban J connectivity index is 2.28. The maximum atomic E-state index is 12.3. The second-order valence-corrected chi connectivity index (χ2v) is 4.86. The topological polar surface area (TPSA) is 46.5 Å². The minimum atomic E-state index is -1.15. The van der Waals surface area contributed by atoms with E-state index >= 15 is 0 Å². The number of ether oxygens (including phenoxy) is 1. The van der Waals surface area contributed by atoms with Gasteiger partial charge >= 0.3 is 0 Å². The quantitative estimate of drug-likeness (QED) is 0.868. The summed E-state index contributed by atoms with van der Waals surface area (Å²) in [6.45, 7) is 3.87. The van der Waals surface area contributed by atoms with Crippen molar-refractivity contribution in [3.8, 4) is 5.75 Å². The van der Waals surface area contributed by atoms with Crippen molar-refractivity contribution in [2.45, 2.75) is 20.0 Å². The smallest absolute Gasteiger partial charge is 0.195 e. The van der Waals surface area contributed by atoms with Gasteiger partial charge in [0.25, 0.3) is 0 Å². The van der Waals surface area contributed by atoms with E-state index in [1.54, 1.807) is 31.4 Å². The SMILES string of the molecule is COc1cc(C(=O)C(O)c2ccc(C)cc2)ccc1C. The molecule has 0 radical (unpaired) electrons. The Morgan fingerprint density at radius 3 is 2.35 bits per heavy atom. The Kier molecular flexibility index (Phi) is 4.20. The molecule has 0 amide bonds. The molecule has 0 saturated heterocycles. The number of benzene rings is 2. The highest BCUT2D eigenvalue weighted by Crippen LogP contribution is 2.24. The summed E-state index contributed by atoms with van der Waals surface area (Å²) in [5.74, 6) is 0.319. The zero-order valence-electron chi connectivity index (χ0n) is 11.9. The molecule has 0 aliphatic rings. The third kappa shape index (κ3) is 2.89. The average molecular weight is 270 g/mol. The fourth-order valence-corrected chi connectivity index (χ4v) is 2.03. The molecule has 0 spiro atoms. The summed E-state index contributed by atoms with van der Waals surface area (Å²) in [6.07, 6.45) is -1.15. The Morgan fingerprint density at radius 2 is 1.75 bits per heavy atom. The number of rotatable bonds is 4. The van der Waals surface area contributed by atoms with Crippen LogP contribution < -0.4 is 4.74 Å². The van der Waals surface area contributed by atoms with Crippen molar-refractivity contribution in [1.29, 1.82) is 0 Å². The molecule has 0 saturated carbocycles. The first-order valence-electron chi connectivity index (χ1n) is 6.46. The van der Waals surface area contributed by atoms with Gasteiger partial charge in [-0.3, -0.25) is 4.79 Å². The zero-order valence-corrected chi connectivity index (χ0v) is 11.9. The summed E-state index contributed by atoms with van der Waals surface area (Å²) < 4.78 is 5.20. The predicted octanol–water partition coefficient (Wildman–Crippen LogP) is 3.23. The largest absolute Gasteiger partial charge is 0.496 e. The molecular weight excluding hydrogens is 252 g/mol. The molecule has 20 heavy (non-hydrogen) atoms. The molecular formula is C17H18O3. The second-order valence-electron chi connectivity index (χ2n) is 4.86. The molecule has 0 bridgehead atoms. The van der Waals surface area contributed by atoms with E-state index < -0.39 is 6.10 Å². The minimum Gasteiger partial charge on any atom is -0.496 e. The molecule has 3 heteroatoms. The molecule has 2 rings (SSSR count). The highest BCUT2D eigenvalue weighted by atomic mass is 16.5. The van der Waals surface area contributed by atoms with Gasteiger partial charge in [0.2, 0.25) is 0 Å². The van der Waals surface area contributed by atoms with Crippen molar-refractivity contribution >= 4 is 5.78 Å². The van der Waals surface area contributed by atoms with Crippen molar-refractivity contribution in [3.05, 3.63) is 64.7 Å². The molecule has 0 aliphatic carbocycles. The first-order chi connectivity index (χ1) is 9.52. The van der Waals surface area contributed by atoms with E-state index in [2.05, 4.69) is 0 Å². The maximum Gasteiger partial charge on any atom is 0.195 e. The lowest BCUT2D eigenvalue weighted by Crippen LogP contribution is -2.12. The number of carbonyl (C=O) groups is 1. The van der Waals surface area contributed by atoms with Crippen LogP contribution in [0, 0.1) is 13.8 Å². The Hall–Kier alpha value is -2.13. The van der Waals surface area contributed by atoms with E-state index in [1.165, 1.54) is 0 Å². The first kappa shape index (κ1) is 14.3. The Morgan fingerprint density at radius 1 is 1.10 bits per heavy atom. The lowest BCUT2D eigenvalue weighted by molar-refractivity contribution is 0.0747. The maximum absolute atomic E-state index is 12.3. The zero-order chi connectivity index (χ0) is 14.7. The van der Waals surface area contributed by atoms with E-state index in [9.17, 15) is 9.90 Å². The van der Waals surface area contributed by atoms with E-state index in [0.717, 1.165) is 11.1 Å². The van der Waals surface area contributed by atoms with Gasteiger partial charge in [-0.05, 0) is 31.0 Å². The molecule has 2 aromatic carbocycles. The van der Waals surface area contributed by atoms with Gasteiger partial charge < -0.3 is 9.84 Å². The van der Waals surface area contributed by atoms with Gasteiger partial charge in [-0.15, -0.1) is 0 Å². The minimum absolute atomic E-state index is 0.327. The van der Waals surface area contributed by atoms with E-state index in [-0.39, 0.29) is 5.78 Å². The van der Waals surface area contributed by atoms with Crippen LogP contribution in [0.1, 0.15) is 33.2 Å². The number of ketones is 1. The summed E-state index contributed by atoms with van der Waals surface area (Å²) in [5, 5.41) is 10.2. The third-order valence-corrected chi connectivity index (χ3v) is 3.33. The van der Waals surface area contributed by atoms with Gasteiger partial charge in [-0.25, -0.2) is 0 Å². The van der Waals surface area contributed by atoms with Gasteiger partial charge in [0.05, 0.1) is 7.11 Å². The van der Waals surface area contributed by atoms with Crippen LogP contribution in [0.3, 0.4) is 0 Å². The van der Waals surface area contributed by atoms with E-state index in [4.69, 9.17) is 4.74 Å². The lowest BCUT2D eigenvalue weighted by atomic mass is 9.98. The molecule has 2 aromatic rings. The molecule has 0 aromatic heterocycles. The van der Waals surface area contributed by atoms with Crippen molar-refractivity contribution in [3.63, 3.8) is 0 Å². The molecule has 1 atom stereocenters. The van der Waals surface area contributed by atoms with E-state index in [0.29, 0.717) is 16.9 Å². The lowest BCUT2D eigenvalue weighted by Gasteiger charge is -2.12. The Labute approximate surface area is 118 Å². The molecule has 0 aliphatic heterocycles. The molecule has 1 unspecified atom stereocenters. The molecule has 0 heterocycles. The van der Waals surface area contributed by atoms with Crippen LogP contribution >= 0.6 is 0 Å². The van der Waals surface area contributed by atoms with Gasteiger partial charge in [0, 0.05) is 5.56 Å². The van der Waals surface area contributed by atoms with Crippen LogP contribution in [-0.2, 0) is 0 Å². The number of aliphatic hydroxyl groups is 1. The molecule has 104 valence electrons. The second kappa shape index (κ2) is 5.88. The standard InChI is InChI=1S/C17H18O3/c1-11-4-7-13(8-5-11)16(18)17(19)14-9-6-12(2)15(10-14)20-3/h4-10,16,18H,1-3H3. The van der Waals surface area contributed by atoms with Crippen LogP contribution in [0.4, 0.5) is 0 Å². The van der Waals surface area contributed by atoms with Crippen LogP contribution in [0.2, 0.25) is 0 Å². The van der Waals surface area contributed by atoms with Crippen molar-refractivity contribution in [2.24, 2.45) is 0 Å². The van der Waals surface area contributed by atoms with Gasteiger partial charge in [0.15, 0.2) is 5.78 Å². The van der Waals surface area contributed by atoms with Crippen molar-refractivity contribution < 1.29 is 14.6 Å². The monoisotopic (exact) mass is 270 g/mol. The molecule has 3 nitrogen and oxygen atoms in total. The summed E-state index contributed by atoms with van der Waals surface area (Å²) in [5.41, 5.74) is 3.08. The summed E-state index contributed by atoms with van der Waals surface area (Å²) >= 11 is 0. The van der Waals surface area contributed by atoms with Gasteiger partial charge in [0.1, 0.15) is 11.9 Å². The number of aliphatic hydroxyl groups excluding tert-OH is 1. The highest BCUT2D eigenvalue weighted by Gasteiger charge is 2.19. The fourth-order valence-electron chi connectivity index (χ4n) is 2.03. The normalized spacial score (nSPS) is 12.0. The van der Waals surface area contributed by atoms with Gasteiger partial charge in [-0.1, -0.05) is 42.0 Å². The number of Topliss-reactive ketones (excluding diaryl/α,β-unsaturated/α-hetero) is 1. The van der Waals surface area contributed by atoms with Crippen molar-refractivity contribution in [1.82, 2.24) is 0 Å². The fraction of sp³-hybridized carbons (Fsp3) is 0.235. The summed E-state index contributed by atoms with van der Waals surface area (Å²) in [7, 11) is 1.56. The highest BCUT2D eigenvalue weighted by molar-refractivity contribution is 6.00. The molecule has 0 fully saturated rings. The number of hydrogen-bond donors (Lipinski definition) is 1. The predicted molar refractivity (Wildman–Crippen MR) is 78.2 cm³/mol. The summed E-state index contributed by atoms with van der Waals surface area (Å²) in [4.78, 5) is 12.3. The first-order valence-corrected chi connectivity index (χ1v) is 6.46. The van der Waals surface area contributed by atoms with E-state index in [1.807, 2.05) is 32.0 Å². The van der Waals surface area contributed by atoms with Crippen LogP contribution in [0.15, 0.2) is 42.5 Å². The summed E-state index contributed by atoms with van der Waals surface area (Å²) in [6, 6.07) is 12.5. The Bertz CT molecular complexity index is 615. The van der Waals surface area contributed by atoms with Crippen LogP contribution in [0.5, 0.6) is 5.75 Å². The molecule has 1 N–H and O–H groups in total. The third-order valence-electron chi connectivity index (χ3n) is 3.33. The van der Waals surface area contributed by atoms with Crippen molar-refractivity contribution in [2.75, 3.05) is 7.11 Å². The number of carbonyl (C=O) groups excluding carboxylic acids is 1. The van der Waals surface area contributed by atoms with Gasteiger partial charge in [-0.2, -0.15) is 0 Å². The van der Waals surface area contributed by atoms with Crippen LogP contribution in [-0.4, -0.2) is 18.0 Å². The average Bonchev–Trinajstić information content (AvgIpc) is 2.47. The number of hydrogen-bond acceptors (Lipinski definition) is 3. The van der Waals surface area contributed by atoms with Crippen LogP contribution in [0.25, 0.3) is 0 Å².